The van der Waals surface area contributed by atoms with E-state index in [0.29, 0.717) is 35.4 Å². The molecular weight excluding hydrogens is 513 g/mol. The quantitative estimate of drug-likeness (QED) is 0.268. The summed E-state index contributed by atoms with van der Waals surface area (Å²) in [5.41, 5.74) is 3.46. The Kier molecular flexibility index (Phi) is 9.85. The molecule has 0 aliphatic heterocycles. The number of aromatic nitrogens is 3. The van der Waals surface area contributed by atoms with Crippen molar-refractivity contribution in [1.82, 2.24) is 19.9 Å². The lowest BCUT2D eigenvalue weighted by atomic mass is 9.94. The number of nitrogens with zero attached hydrogens (tertiary/aromatic N) is 3. The van der Waals surface area contributed by atoms with Gasteiger partial charge in [-0.1, -0.05) is 61.7 Å². The Hall–Kier alpha value is -3.55. The van der Waals surface area contributed by atoms with Crippen molar-refractivity contribution in [2.75, 3.05) is 11.9 Å². The third-order valence-corrected chi connectivity index (χ3v) is 7.29. The van der Waals surface area contributed by atoms with E-state index in [1.54, 1.807) is 36.1 Å². The second-order valence-corrected chi connectivity index (χ2v) is 10.0. The van der Waals surface area contributed by atoms with E-state index in [4.69, 9.17) is 4.98 Å². The highest BCUT2D eigenvalue weighted by Gasteiger charge is 2.21. The number of rotatable bonds is 9. The van der Waals surface area contributed by atoms with Gasteiger partial charge < -0.3 is 10.6 Å². The van der Waals surface area contributed by atoms with Crippen molar-refractivity contribution < 1.29 is 4.39 Å². The molecule has 204 valence electrons. The number of anilines is 1. The van der Waals surface area contributed by atoms with Crippen molar-refractivity contribution in [3.05, 3.63) is 101 Å². The third-order valence-electron chi connectivity index (χ3n) is 7.29. The smallest absolute Gasteiger partial charge is 0.263 e. The molecule has 5 rings (SSSR count). The van der Waals surface area contributed by atoms with Crippen molar-refractivity contribution >= 4 is 18.4 Å². The molecule has 0 amide bonds. The number of benzene rings is 2. The van der Waals surface area contributed by atoms with Crippen LogP contribution in [0.15, 0.2) is 83.9 Å². The molecule has 2 N–H and O–H groups in total. The minimum atomic E-state index is -0.350. The Balaban J connectivity index is 0.00000353. The zero-order valence-corrected chi connectivity index (χ0v) is 23.0. The summed E-state index contributed by atoms with van der Waals surface area (Å²) in [6, 6.07) is 20.8. The molecule has 0 radical (unpaired) electrons. The molecule has 8 heteroatoms. The van der Waals surface area contributed by atoms with E-state index in [1.807, 2.05) is 18.2 Å². The molecule has 0 saturated heterocycles. The summed E-state index contributed by atoms with van der Waals surface area (Å²) in [6.07, 6.45) is 10.5. The highest BCUT2D eigenvalue weighted by Crippen LogP contribution is 2.29. The summed E-state index contributed by atoms with van der Waals surface area (Å²) < 4.78 is 15.2. The molecule has 0 unspecified atom stereocenters. The van der Waals surface area contributed by atoms with Crippen LogP contribution in [0.5, 0.6) is 0 Å². The Morgan fingerprint density at radius 2 is 1.64 bits per heavy atom. The summed E-state index contributed by atoms with van der Waals surface area (Å²) in [4.78, 5) is 22.7. The topological polar surface area (TPSA) is 71.8 Å². The predicted molar refractivity (Wildman–Crippen MR) is 158 cm³/mol. The first-order valence-corrected chi connectivity index (χ1v) is 13.4. The van der Waals surface area contributed by atoms with Gasteiger partial charge in [0.1, 0.15) is 5.82 Å². The van der Waals surface area contributed by atoms with Crippen molar-refractivity contribution in [2.45, 2.75) is 50.6 Å². The van der Waals surface area contributed by atoms with Crippen LogP contribution in [0.4, 0.5) is 10.3 Å². The van der Waals surface area contributed by atoms with Gasteiger partial charge in [0.05, 0.1) is 11.3 Å². The molecule has 2 aromatic carbocycles. The first-order valence-electron chi connectivity index (χ1n) is 13.4. The number of hydrogen-bond donors (Lipinski definition) is 2. The van der Waals surface area contributed by atoms with E-state index in [2.05, 4.69) is 39.9 Å². The van der Waals surface area contributed by atoms with Crippen LogP contribution in [0.2, 0.25) is 0 Å². The molecule has 1 aliphatic rings. The number of hydrogen-bond acceptors (Lipinski definition) is 5. The highest BCUT2D eigenvalue weighted by molar-refractivity contribution is 5.85. The normalized spacial score (nSPS) is 14.4. The number of pyridine rings is 1. The lowest BCUT2D eigenvalue weighted by molar-refractivity contribution is 0.338. The summed E-state index contributed by atoms with van der Waals surface area (Å²) >= 11 is 0. The molecule has 0 bridgehead atoms. The number of nitrogens with one attached hydrogen (secondary N) is 2. The largest absolute Gasteiger partial charge is 0.354 e. The van der Waals surface area contributed by atoms with Crippen LogP contribution in [-0.2, 0) is 13.5 Å². The Labute approximate surface area is 235 Å². The van der Waals surface area contributed by atoms with Crippen LogP contribution in [0.1, 0.15) is 37.7 Å². The van der Waals surface area contributed by atoms with Crippen molar-refractivity contribution in [3.8, 4) is 22.4 Å². The maximum atomic E-state index is 13.7. The zero-order valence-electron chi connectivity index (χ0n) is 22.1. The fourth-order valence-electron chi connectivity index (χ4n) is 5.26. The van der Waals surface area contributed by atoms with Crippen LogP contribution in [0.25, 0.3) is 22.4 Å². The van der Waals surface area contributed by atoms with Crippen molar-refractivity contribution in [2.24, 2.45) is 7.05 Å². The fourth-order valence-corrected chi connectivity index (χ4v) is 5.26. The zero-order chi connectivity index (χ0) is 26.3. The van der Waals surface area contributed by atoms with Crippen LogP contribution >= 0.6 is 12.4 Å². The molecule has 4 aromatic rings. The summed E-state index contributed by atoms with van der Waals surface area (Å²) in [5.74, 6) is 0.147. The fraction of sp³-hybridized carbons (Fsp3) is 0.323. The first-order chi connectivity index (χ1) is 18.6. The molecule has 2 aromatic heterocycles. The van der Waals surface area contributed by atoms with E-state index in [-0.39, 0.29) is 29.8 Å². The van der Waals surface area contributed by atoms with Crippen LogP contribution in [-0.4, -0.2) is 33.2 Å². The monoisotopic (exact) mass is 547 g/mol. The molecule has 1 atom stereocenters. The Bertz CT molecular complexity index is 1390. The average molecular weight is 548 g/mol. The minimum Gasteiger partial charge on any atom is -0.354 e. The lowest BCUT2D eigenvalue weighted by Gasteiger charge is -2.29. The van der Waals surface area contributed by atoms with Gasteiger partial charge in [-0.3, -0.25) is 14.3 Å². The lowest BCUT2D eigenvalue weighted by Crippen LogP contribution is -2.45. The van der Waals surface area contributed by atoms with Gasteiger partial charge in [0, 0.05) is 43.6 Å². The predicted octanol–water partition coefficient (Wildman–Crippen LogP) is 6.02. The van der Waals surface area contributed by atoms with Crippen LogP contribution < -0.4 is 16.2 Å². The molecule has 1 saturated carbocycles. The Morgan fingerprint density at radius 3 is 2.33 bits per heavy atom. The Morgan fingerprint density at radius 1 is 0.949 bits per heavy atom. The minimum absolute atomic E-state index is 0. The van der Waals surface area contributed by atoms with E-state index in [0.717, 1.165) is 12.0 Å². The third kappa shape index (κ3) is 7.11. The van der Waals surface area contributed by atoms with Gasteiger partial charge in [0.15, 0.2) is 0 Å². The molecule has 1 aliphatic carbocycles. The molecular formula is C31H35ClFN5O. The van der Waals surface area contributed by atoms with Crippen LogP contribution in [0.3, 0.4) is 0 Å². The summed E-state index contributed by atoms with van der Waals surface area (Å²) in [7, 11) is 1.72. The molecule has 6 nitrogen and oxygen atoms in total. The van der Waals surface area contributed by atoms with E-state index in [9.17, 15) is 9.18 Å². The second kappa shape index (κ2) is 13.5. The van der Waals surface area contributed by atoms with E-state index < -0.39 is 0 Å². The van der Waals surface area contributed by atoms with Crippen LogP contribution in [0, 0.1) is 5.82 Å². The van der Waals surface area contributed by atoms with Crippen molar-refractivity contribution in [1.29, 1.82) is 0 Å². The average Bonchev–Trinajstić information content (AvgIpc) is 2.96. The number of halogens is 2. The molecule has 1 fully saturated rings. The van der Waals surface area contributed by atoms with Gasteiger partial charge in [-0.2, -0.15) is 0 Å². The van der Waals surface area contributed by atoms with Gasteiger partial charge in [-0.05, 0) is 54.7 Å². The molecule has 39 heavy (non-hydrogen) atoms. The summed E-state index contributed by atoms with van der Waals surface area (Å²) in [5, 5.41) is 7.35. The summed E-state index contributed by atoms with van der Waals surface area (Å²) in [6.45, 7) is 0.622. The second-order valence-electron chi connectivity index (χ2n) is 10.0. The van der Waals surface area contributed by atoms with Gasteiger partial charge in [0.2, 0.25) is 5.95 Å². The standard InChI is InChI=1S/C31H34FN5O.ClH/c1-37-30(38)28(23-12-14-25(32)15-13-23)29(24-16-18-33-19-17-24)36-31(37)34-21-27(20-22-8-4-2-5-9-22)35-26-10-6-3-7-11-26;/h2,4-5,8-9,12-19,26-27,35H,3,6-7,10-11,20-21H2,1H3,(H,34,36);1H/t27-;/m0./s1. The van der Waals surface area contributed by atoms with Gasteiger partial charge >= 0.3 is 0 Å². The van der Waals surface area contributed by atoms with E-state index >= 15 is 0 Å². The van der Waals surface area contributed by atoms with Gasteiger partial charge in [0.25, 0.3) is 5.56 Å². The maximum Gasteiger partial charge on any atom is 0.263 e. The highest BCUT2D eigenvalue weighted by atomic mass is 35.5. The van der Waals surface area contributed by atoms with E-state index in [1.165, 1.54) is 49.8 Å². The maximum absolute atomic E-state index is 13.7. The van der Waals surface area contributed by atoms with Crippen molar-refractivity contribution in [3.63, 3.8) is 0 Å². The van der Waals surface area contributed by atoms with Gasteiger partial charge in [-0.25, -0.2) is 9.37 Å². The molecule has 0 spiro atoms. The SMILES string of the molecule is Cl.Cn1c(NC[C@H](Cc2ccccc2)NC2CCCCC2)nc(-c2ccncc2)c(-c2ccc(F)cc2)c1=O. The van der Waals surface area contributed by atoms with Gasteiger partial charge in [-0.15, -0.1) is 12.4 Å². The molecule has 2 heterocycles. The first kappa shape index (κ1) is 28.5.